The van der Waals surface area contributed by atoms with E-state index in [9.17, 15) is 0 Å². The second-order valence-electron chi connectivity index (χ2n) is 8.89. The summed E-state index contributed by atoms with van der Waals surface area (Å²) >= 11 is 0. The fourth-order valence-corrected chi connectivity index (χ4v) is 6.53. The van der Waals surface area contributed by atoms with E-state index in [1.54, 1.807) is 7.11 Å². The quantitative estimate of drug-likeness (QED) is 0.116. The number of benzene rings is 2. The van der Waals surface area contributed by atoms with E-state index >= 15 is 0 Å². The first-order chi connectivity index (χ1) is 19.8. The molecule has 2 rings (SSSR count). The molecule has 0 saturated heterocycles. The molecule has 10 heteroatoms. The summed E-state index contributed by atoms with van der Waals surface area (Å²) < 4.78 is 49.8. The van der Waals surface area contributed by atoms with E-state index in [1.807, 2.05) is 12.1 Å². The second-order valence-corrected chi connectivity index (χ2v) is 12.4. The number of hydrogen-bond donors (Lipinski definition) is 0. The Balaban J connectivity index is 1.35. The van der Waals surface area contributed by atoms with E-state index in [1.165, 1.54) is 10.6 Å². The van der Waals surface area contributed by atoms with Crippen LogP contribution in [-0.2, 0) is 42.4 Å². The van der Waals surface area contributed by atoms with Crippen LogP contribution in [0, 0.1) is 0 Å². The van der Waals surface area contributed by atoms with Crippen LogP contribution in [0.2, 0.25) is 0 Å². The summed E-state index contributed by atoms with van der Waals surface area (Å²) in [5.74, 6) is 0. The van der Waals surface area contributed by atoms with E-state index in [0.29, 0.717) is 106 Å². The molecule has 2 aromatic carbocycles. The van der Waals surface area contributed by atoms with Crippen molar-refractivity contribution in [2.75, 3.05) is 119 Å². The molecule has 0 aromatic heterocycles. The minimum absolute atomic E-state index is 0.521. The van der Waals surface area contributed by atoms with Gasteiger partial charge in [-0.2, -0.15) is 0 Å². The summed E-state index contributed by atoms with van der Waals surface area (Å²) in [6.07, 6.45) is 0. The molecule has 0 heterocycles. The average molecular weight is 585 g/mol. The Morgan fingerprint density at radius 3 is 0.975 bits per heavy atom. The Morgan fingerprint density at radius 2 is 0.675 bits per heavy atom. The molecule has 0 atom stereocenters. The number of hydrogen-bond acceptors (Lipinski definition) is 9. The van der Waals surface area contributed by atoms with Crippen molar-refractivity contribution < 1.29 is 42.4 Å². The first kappa shape index (κ1) is 34.7. The van der Waals surface area contributed by atoms with Gasteiger partial charge in [0.05, 0.1) is 52.9 Å². The van der Waals surface area contributed by atoms with Crippen LogP contribution >= 0.6 is 7.49 Å². The van der Waals surface area contributed by atoms with Crippen LogP contribution in [0.25, 0.3) is 0 Å². The third-order valence-corrected chi connectivity index (χ3v) is 9.58. The molecular weight excluding hydrogens is 535 g/mol. The second kappa shape index (κ2) is 24.1. The third-order valence-electron chi connectivity index (χ3n) is 5.93. The van der Waals surface area contributed by atoms with Gasteiger partial charge >= 0.3 is 157 Å². The normalized spacial score (nSPS) is 12.2. The van der Waals surface area contributed by atoms with Gasteiger partial charge in [0, 0.05) is 7.11 Å². The molecule has 40 heavy (non-hydrogen) atoms. The van der Waals surface area contributed by atoms with E-state index in [4.69, 9.17) is 42.4 Å². The summed E-state index contributed by atoms with van der Waals surface area (Å²) in [5, 5.41) is 2.50. The van der Waals surface area contributed by atoms with Gasteiger partial charge in [-0.15, -0.1) is 0 Å². The van der Waals surface area contributed by atoms with Crippen molar-refractivity contribution in [3.63, 3.8) is 0 Å². The van der Waals surface area contributed by atoms with E-state index in [2.05, 4.69) is 55.2 Å². The molecule has 0 bridgehead atoms. The zero-order valence-electron chi connectivity index (χ0n) is 24.3. The van der Waals surface area contributed by atoms with Crippen molar-refractivity contribution in [2.24, 2.45) is 0 Å². The number of rotatable bonds is 27. The van der Waals surface area contributed by atoms with Gasteiger partial charge in [-0.25, -0.2) is 0 Å². The van der Waals surface area contributed by atoms with Gasteiger partial charge in [0.25, 0.3) is 0 Å². The Morgan fingerprint density at radius 1 is 0.400 bits per heavy atom. The number of ether oxygens (including phenoxy) is 8. The molecular formula is C30H49O9P. The predicted molar refractivity (Wildman–Crippen MR) is 160 cm³/mol. The summed E-state index contributed by atoms with van der Waals surface area (Å²) in [4.78, 5) is 0. The molecule has 0 saturated carbocycles. The van der Waals surface area contributed by atoms with Crippen molar-refractivity contribution in [3.05, 3.63) is 60.7 Å². The molecule has 228 valence electrons. The molecule has 0 aliphatic carbocycles. The van der Waals surface area contributed by atoms with Crippen molar-refractivity contribution in [1.82, 2.24) is 0 Å². The van der Waals surface area contributed by atoms with Crippen LogP contribution in [0.4, 0.5) is 0 Å². The van der Waals surface area contributed by atoms with Crippen LogP contribution in [0.15, 0.2) is 60.7 Å². The van der Waals surface area contributed by atoms with E-state index in [-0.39, 0.29) is 0 Å². The molecule has 0 fully saturated rings. The van der Waals surface area contributed by atoms with Gasteiger partial charge < -0.3 is 23.7 Å². The molecule has 0 aliphatic heterocycles. The van der Waals surface area contributed by atoms with Gasteiger partial charge in [0.15, 0.2) is 0 Å². The summed E-state index contributed by atoms with van der Waals surface area (Å²) in [6, 6.07) is 20.9. The van der Waals surface area contributed by atoms with Crippen LogP contribution in [0.5, 0.6) is 0 Å². The van der Waals surface area contributed by atoms with Crippen LogP contribution in [0.1, 0.15) is 0 Å². The Labute approximate surface area is 240 Å². The van der Waals surface area contributed by atoms with E-state index in [0.717, 1.165) is 0 Å². The molecule has 0 amide bonds. The van der Waals surface area contributed by atoms with Crippen molar-refractivity contribution >= 4 is 18.1 Å². The monoisotopic (exact) mass is 584 g/mol. The minimum atomic E-state index is -2.28. The molecule has 0 spiro atoms. The molecule has 0 aliphatic rings. The zero-order chi connectivity index (χ0) is 28.4. The molecule has 0 unspecified atom stereocenters. The molecule has 0 radical (unpaired) electrons. The Hall–Kier alpha value is -1.49. The third kappa shape index (κ3) is 16.1. The number of methoxy groups -OCH3 is 1. The first-order valence-electron chi connectivity index (χ1n) is 14.1. The SMILES string of the molecule is COCCOCCOCCOCCOCCOCCOCCOCCO[PH](C)(c1ccccc1)c1ccccc1. The zero-order valence-corrected chi connectivity index (χ0v) is 25.3. The van der Waals surface area contributed by atoms with Gasteiger partial charge in [-0.3, -0.25) is 0 Å². The maximum absolute atomic E-state index is 6.47. The van der Waals surface area contributed by atoms with Crippen molar-refractivity contribution in [2.45, 2.75) is 0 Å². The predicted octanol–water partition coefficient (Wildman–Crippen LogP) is 2.71. The summed E-state index contributed by atoms with van der Waals surface area (Å²) in [7, 11) is -0.627. The first-order valence-corrected chi connectivity index (χ1v) is 16.5. The van der Waals surface area contributed by atoms with E-state index < -0.39 is 7.49 Å². The van der Waals surface area contributed by atoms with Gasteiger partial charge in [-0.1, -0.05) is 0 Å². The van der Waals surface area contributed by atoms with Gasteiger partial charge in [0.1, 0.15) is 0 Å². The van der Waals surface area contributed by atoms with Crippen LogP contribution in [-0.4, -0.2) is 119 Å². The Kier molecular flexibility index (Phi) is 20.9. The standard InChI is InChI=1S/C30H49O9P/c1-31-13-14-32-15-16-33-17-18-34-19-20-35-21-22-36-23-24-37-25-26-38-27-28-39-40(2,29-9-5-3-6-10-29)30-11-7-4-8-12-30/h3-12,40H,13-28H2,1-2H3. The molecule has 0 N–H and O–H groups in total. The average Bonchev–Trinajstić information content (AvgIpc) is 3.00. The van der Waals surface area contributed by atoms with Gasteiger partial charge in [0.2, 0.25) is 0 Å². The van der Waals surface area contributed by atoms with Crippen LogP contribution in [0.3, 0.4) is 0 Å². The fraction of sp³-hybridized carbons (Fsp3) is 0.600. The summed E-state index contributed by atoms with van der Waals surface area (Å²) in [6.45, 7) is 10.9. The maximum atomic E-state index is 6.47. The topological polar surface area (TPSA) is 83.1 Å². The van der Waals surface area contributed by atoms with Crippen molar-refractivity contribution in [3.8, 4) is 0 Å². The van der Waals surface area contributed by atoms with Crippen LogP contribution < -0.4 is 10.6 Å². The Bertz CT molecular complexity index is 774. The van der Waals surface area contributed by atoms with Gasteiger partial charge in [-0.05, 0) is 0 Å². The fourth-order valence-electron chi connectivity index (χ4n) is 3.71. The molecule has 2 aromatic rings. The van der Waals surface area contributed by atoms with Crippen molar-refractivity contribution in [1.29, 1.82) is 0 Å². The molecule has 9 nitrogen and oxygen atoms in total. The summed E-state index contributed by atoms with van der Waals surface area (Å²) in [5.41, 5.74) is 0.